The Bertz CT molecular complexity index is 297. The van der Waals surface area contributed by atoms with E-state index in [0.717, 1.165) is 5.56 Å². The van der Waals surface area contributed by atoms with E-state index < -0.39 is 6.03 Å². The smallest absolute Gasteiger partial charge is 0.274 e. The van der Waals surface area contributed by atoms with Crippen molar-refractivity contribution in [2.75, 3.05) is 0 Å². The second kappa shape index (κ2) is 4.83. The summed E-state index contributed by atoms with van der Waals surface area (Å²) in [5, 5.41) is 3.61. The van der Waals surface area contributed by atoms with Crippen molar-refractivity contribution < 1.29 is 4.79 Å². The van der Waals surface area contributed by atoms with Gasteiger partial charge in [0.2, 0.25) is 0 Å². The van der Waals surface area contributed by atoms with Gasteiger partial charge in [-0.05, 0) is 6.07 Å². The highest BCUT2D eigenvalue weighted by Gasteiger charge is 1.90. The number of urea groups is 1. The first-order chi connectivity index (χ1) is 6.33. The van der Waals surface area contributed by atoms with Gasteiger partial charge in [0.1, 0.15) is 0 Å². The highest BCUT2D eigenvalue weighted by molar-refractivity contribution is 5.81. The van der Waals surface area contributed by atoms with Gasteiger partial charge < -0.3 is 0 Å². The van der Waals surface area contributed by atoms with Crippen LogP contribution in [0.25, 0.3) is 0 Å². The molecule has 1 aromatic rings. The Kier molecular flexibility index (Phi) is 3.40. The summed E-state index contributed by atoms with van der Waals surface area (Å²) in [7, 11) is 0. The van der Waals surface area contributed by atoms with Gasteiger partial charge in [-0.15, -0.1) is 0 Å². The summed E-state index contributed by atoms with van der Waals surface area (Å²) in [5.74, 6) is 4.80. The molecular formula is C7H9N5O. The first-order valence-electron chi connectivity index (χ1n) is 3.52. The molecule has 0 bridgehead atoms. The summed E-state index contributed by atoms with van der Waals surface area (Å²) in [4.78, 5) is 14.4. The summed E-state index contributed by atoms with van der Waals surface area (Å²) < 4.78 is 0. The molecule has 1 heterocycles. The van der Waals surface area contributed by atoms with E-state index in [1.54, 1.807) is 24.5 Å². The lowest BCUT2D eigenvalue weighted by Gasteiger charge is -1.95. The lowest BCUT2D eigenvalue weighted by Crippen LogP contribution is -2.37. The molecule has 0 aliphatic rings. The second-order valence-corrected chi connectivity index (χ2v) is 2.13. The van der Waals surface area contributed by atoms with Crippen LogP contribution in [0, 0.1) is 0 Å². The Morgan fingerprint density at radius 2 is 2.54 bits per heavy atom. The van der Waals surface area contributed by atoms with Crippen LogP contribution in [0.2, 0.25) is 0 Å². The topological polar surface area (TPSA) is 92.4 Å². The van der Waals surface area contributed by atoms with Crippen LogP contribution in [-0.2, 0) is 0 Å². The molecule has 0 aliphatic carbocycles. The van der Waals surface area contributed by atoms with E-state index in [-0.39, 0.29) is 0 Å². The molecule has 0 aromatic carbocycles. The van der Waals surface area contributed by atoms with Crippen LogP contribution in [0.5, 0.6) is 0 Å². The molecule has 4 N–H and O–H groups in total. The molecule has 0 unspecified atom stereocenters. The Labute approximate surface area is 74.8 Å². The Morgan fingerprint density at radius 1 is 1.69 bits per heavy atom. The summed E-state index contributed by atoms with van der Waals surface area (Å²) >= 11 is 0. The summed E-state index contributed by atoms with van der Waals surface area (Å²) in [6.45, 7) is 0. The maximum absolute atomic E-state index is 10.5. The van der Waals surface area contributed by atoms with Crippen LogP contribution in [0.1, 0.15) is 5.56 Å². The van der Waals surface area contributed by atoms with Gasteiger partial charge >= 0.3 is 6.03 Å². The highest BCUT2D eigenvalue weighted by atomic mass is 16.2. The summed E-state index contributed by atoms with van der Waals surface area (Å²) in [5.41, 5.74) is 4.81. The predicted octanol–water partition coefficient (Wildman–Crippen LogP) is -0.412. The lowest BCUT2D eigenvalue weighted by molar-refractivity contribution is 0.241. The lowest BCUT2D eigenvalue weighted by atomic mass is 10.3. The Hall–Kier alpha value is -1.95. The van der Waals surface area contributed by atoms with Crippen molar-refractivity contribution in [3.8, 4) is 0 Å². The van der Waals surface area contributed by atoms with Gasteiger partial charge in [-0.2, -0.15) is 5.10 Å². The largest absolute Gasteiger partial charge is 0.349 e. The molecule has 13 heavy (non-hydrogen) atoms. The van der Waals surface area contributed by atoms with Crippen molar-refractivity contribution in [2.45, 2.75) is 0 Å². The monoisotopic (exact) mass is 179 g/mol. The normalized spacial score (nSPS) is 9.92. The maximum Gasteiger partial charge on any atom is 0.349 e. The molecule has 0 radical (unpaired) electrons. The van der Waals surface area contributed by atoms with Gasteiger partial charge in [-0.1, -0.05) is 6.07 Å². The minimum absolute atomic E-state index is 0.569. The first kappa shape index (κ1) is 9.14. The number of pyridine rings is 1. The molecule has 1 aromatic heterocycles. The van der Waals surface area contributed by atoms with Gasteiger partial charge in [-0.25, -0.2) is 16.1 Å². The molecule has 68 valence electrons. The van der Waals surface area contributed by atoms with Crippen LogP contribution >= 0.6 is 0 Å². The number of carbonyl (C=O) groups excluding carboxylic acids is 1. The number of carbonyl (C=O) groups is 1. The highest BCUT2D eigenvalue weighted by Crippen LogP contribution is 1.89. The van der Waals surface area contributed by atoms with E-state index in [4.69, 9.17) is 5.84 Å². The number of nitrogens with zero attached hydrogens (tertiary/aromatic N) is 2. The van der Waals surface area contributed by atoms with Crippen LogP contribution in [-0.4, -0.2) is 17.2 Å². The minimum Gasteiger partial charge on any atom is -0.274 e. The molecule has 0 spiro atoms. The van der Waals surface area contributed by atoms with Crippen molar-refractivity contribution in [3.05, 3.63) is 30.1 Å². The number of hydrogen-bond acceptors (Lipinski definition) is 4. The average molecular weight is 179 g/mol. The van der Waals surface area contributed by atoms with Gasteiger partial charge in [0.15, 0.2) is 0 Å². The third-order valence-electron chi connectivity index (χ3n) is 1.20. The third kappa shape index (κ3) is 3.30. The van der Waals surface area contributed by atoms with Crippen LogP contribution in [0.4, 0.5) is 4.79 Å². The van der Waals surface area contributed by atoms with Crippen molar-refractivity contribution in [1.82, 2.24) is 15.8 Å². The third-order valence-corrected chi connectivity index (χ3v) is 1.20. The molecular weight excluding hydrogens is 170 g/mol. The molecule has 6 nitrogen and oxygen atoms in total. The number of rotatable bonds is 2. The number of nitrogens with two attached hydrogens (primary N) is 1. The molecule has 2 amide bonds. The number of nitrogens with one attached hydrogen (secondary N) is 2. The van der Waals surface area contributed by atoms with Gasteiger partial charge in [0.05, 0.1) is 6.21 Å². The molecule has 0 saturated carbocycles. The van der Waals surface area contributed by atoms with E-state index in [0.29, 0.717) is 0 Å². The zero-order valence-corrected chi connectivity index (χ0v) is 6.77. The fourth-order valence-corrected chi connectivity index (χ4v) is 0.650. The standard InChI is InChI=1S/C7H9N5O/c8-11-7(13)12-10-5-6-2-1-3-9-4-6/h1-5H,8H2,(H2,11,12,13)/b10-5+. The average Bonchev–Trinajstić information content (AvgIpc) is 2.19. The van der Waals surface area contributed by atoms with Gasteiger partial charge in [-0.3, -0.25) is 10.4 Å². The molecule has 0 fully saturated rings. The second-order valence-electron chi connectivity index (χ2n) is 2.13. The van der Waals surface area contributed by atoms with E-state index in [1.807, 2.05) is 5.43 Å². The summed E-state index contributed by atoms with van der Waals surface area (Å²) in [6, 6.07) is 3.00. The Balaban J connectivity index is 2.45. The van der Waals surface area contributed by atoms with Crippen molar-refractivity contribution in [3.63, 3.8) is 0 Å². The molecule has 0 aliphatic heterocycles. The fourth-order valence-electron chi connectivity index (χ4n) is 0.650. The molecule has 1 rings (SSSR count). The van der Waals surface area contributed by atoms with Crippen molar-refractivity contribution >= 4 is 12.2 Å². The van der Waals surface area contributed by atoms with E-state index in [9.17, 15) is 4.79 Å². The number of hydrogen-bond donors (Lipinski definition) is 3. The van der Waals surface area contributed by atoms with E-state index in [2.05, 4.69) is 15.5 Å². The fraction of sp³-hybridized carbons (Fsp3) is 0. The number of hydrazone groups is 1. The minimum atomic E-state index is -0.569. The number of hydrazine groups is 1. The Morgan fingerprint density at radius 3 is 3.15 bits per heavy atom. The predicted molar refractivity (Wildman–Crippen MR) is 47.7 cm³/mol. The van der Waals surface area contributed by atoms with Crippen molar-refractivity contribution in [2.24, 2.45) is 10.9 Å². The molecule has 0 atom stereocenters. The van der Waals surface area contributed by atoms with Crippen LogP contribution in [0.15, 0.2) is 29.6 Å². The number of amides is 2. The van der Waals surface area contributed by atoms with E-state index >= 15 is 0 Å². The SMILES string of the molecule is NNC(=O)N/N=C/c1cccnc1. The first-order valence-corrected chi connectivity index (χ1v) is 3.52. The zero-order valence-electron chi connectivity index (χ0n) is 6.77. The van der Waals surface area contributed by atoms with Crippen LogP contribution < -0.4 is 16.7 Å². The van der Waals surface area contributed by atoms with Gasteiger partial charge in [0.25, 0.3) is 0 Å². The van der Waals surface area contributed by atoms with Gasteiger partial charge in [0, 0.05) is 18.0 Å². The summed E-state index contributed by atoms with van der Waals surface area (Å²) in [6.07, 6.45) is 4.73. The molecule has 0 saturated heterocycles. The molecule has 6 heteroatoms. The van der Waals surface area contributed by atoms with E-state index in [1.165, 1.54) is 6.21 Å². The zero-order chi connectivity index (χ0) is 9.52. The maximum atomic E-state index is 10.5. The quantitative estimate of drug-likeness (QED) is 0.249. The number of aromatic nitrogens is 1. The van der Waals surface area contributed by atoms with Crippen molar-refractivity contribution in [1.29, 1.82) is 0 Å². The van der Waals surface area contributed by atoms with Crippen LogP contribution in [0.3, 0.4) is 0 Å².